The van der Waals surface area contributed by atoms with Crippen LogP contribution in [-0.2, 0) is 0 Å². The molecule has 3 aromatic heterocycles. The third kappa shape index (κ3) is 4.80. The minimum absolute atomic E-state index is 1.13. The van der Waals surface area contributed by atoms with Crippen molar-refractivity contribution in [1.29, 1.82) is 0 Å². The van der Waals surface area contributed by atoms with Crippen molar-refractivity contribution >= 4 is 113 Å². The van der Waals surface area contributed by atoms with E-state index in [-0.39, 0.29) is 0 Å². The number of hydrogen-bond acceptors (Lipinski definition) is 3. The molecule has 2 nitrogen and oxygen atoms in total. The number of thiophene rings is 2. The molecule has 0 saturated carbocycles. The predicted octanol–water partition coefficient (Wildman–Crippen LogP) is 15.8. The summed E-state index contributed by atoms with van der Waals surface area (Å²) in [6.07, 6.45) is 0. The smallest absolute Gasteiger partial charge is 0.0554 e. The van der Waals surface area contributed by atoms with Gasteiger partial charge in [0.25, 0.3) is 0 Å². The number of anilines is 3. The van der Waals surface area contributed by atoms with E-state index in [0.29, 0.717) is 0 Å². The Kier molecular flexibility index (Phi) is 7.00. The van der Waals surface area contributed by atoms with E-state index >= 15 is 0 Å². The lowest BCUT2D eigenvalue weighted by molar-refractivity contribution is 1.19. The summed E-state index contributed by atoms with van der Waals surface area (Å²) < 4.78 is 7.69. The van der Waals surface area contributed by atoms with Gasteiger partial charge in [-0.25, -0.2) is 0 Å². The number of para-hydroxylation sites is 2. The number of rotatable bonds is 5. The number of benzene rings is 9. The van der Waals surface area contributed by atoms with E-state index in [2.05, 4.69) is 204 Å². The average Bonchev–Trinajstić information content (AvgIpc) is 3.93. The van der Waals surface area contributed by atoms with Crippen molar-refractivity contribution in [3.8, 4) is 16.8 Å². The fourth-order valence-electron chi connectivity index (χ4n) is 8.83. The molecule has 12 rings (SSSR count). The zero-order valence-electron chi connectivity index (χ0n) is 30.2. The van der Waals surface area contributed by atoms with Crippen LogP contribution in [-0.4, -0.2) is 4.57 Å². The Bertz CT molecular complexity index is 3480. The second-order valence-corrected chi connectivity index (χ2v) is 16.6. The summed E-state index contributed by atoms with van der Waals surface area (Å²) in [5.74, 6) is 0. The van der Waals surface area contributed by atoms with Crippen LogP contribution in [0.3, 0.4) is 0 Å². The topological polar surface area (TPSA) is 8.17 Å². The molecular weight excluding hydrogens is 717 g/mol. The number of aromatic nitrogens is 1. The van der Waals surface area contributed by atoms with Gasteiger partial charge in [0.15, 0.2) is 0 Å². The quantitative estimate of drug-likeness (QED) is 0.170. The van der Waals surface area contributed by atoms with Gasteiger partial charge >= 0.3 is 0 Å². The molecule has 0 amide bonds. The monoisotopic (exact) mass is 748 g/mol. The Hall–Kier alpha value is -6.72. The van der Waals surface area contributed by atoms with Crippen molar-refractivity contribution in [2.24, 2.45) is 0 Å². The van der Waals surface area contributed by atoms with E-state index in [0.717, 1.165) is 11.4 Å². The van der Waals surface area contributed by atoms with Crippen molar-refractivity contribution in [3.63, 3.8) is 0 Å². The molecule has 0 saturated heterocycles. The number of hydrogen-bond donors (Lipinski definition) is 0. The normalized spacial score (nSPS) is 11.9. The molecule has 0 aliphatic carbocycles. The van der Waals surface area contributed by atoms with Crippen LogP contribution in [0.5, 0.6) is 0 Å². The fourth-order valence-corrected chi connectivity index (χ4v) is 11.2. The van der Waals surface area contributed by atoms with Crippen LogP contribution in [0.1, 0.15) is 0 Å². The van der Waals surface area contributed by atoms with E-state index in [1.165, 1.54) is 95.4 Å². The maximum Gasteiger partial charge on any atom is 0.0554 e. The molecule has 262 valence electrons. The molecule has 3 heterocycles. The highest BCUT2D eigenvalue weighted by molar-refractivity contribution is 7.26. The van der Waals surface area contributed by atoms with Gasteiger partial charge in [0.2, 0.25) is 0 Å². The summed E-state index contributed by atoms with van der Waals surface area (Å²) in [5.41, 5.74) is 9.50. The first kappa shape index (κ1) is 31.6. The Balaban J connectivity index is 1.08. The molecule has 12 aromatic rings. The lowest BCUT2D eigenvalue weighted by Crippen LogP contribution is -2.10. The van der Waals surface area contributed by atoms with Crippen LogP contribution in [0.2, 0.25) is 0 Å². The van der Waals surface area contributed by atoms with Gasteiger partial charge in [-0.3, -0.25) is 0 Å². The minimum Gasteiger partial charge on any atom is -0.310 e. The van der Waals surface area contributed by atoms with Gasteiger partial charge in [-0.15, -0.1) is 22.7 Å². The van der Waals surface area contributed by atoms with Crippen molar-refractivity contribution in [3.05, 3.63) is 194 Å². The van der Waals surface area contributed by atoms with E-state index in [1.807, 2.05) is 22.7 Å². The third-order valence-electron chi connectivity index (χ3n) is 11.3. The molecule has 0 radical (unpaired) electrons. The zero-order chi connectivity index (χ0) is 36.7. The molecule has 0 aliphatic rings. The highest BCUT2D eigenvalue weighted by Gasteiger charge is 2.21. The predicted molar refractivity (Wildman–Crippen MR) is 244 cm³/mol. The van der Waals surface area contributed by atoms with Gasteiger partial charge in [0.05, 0.1) is 16.7 Å². The molecule has 0 spiro atoms. The van der Waals surface area contributed by atoms with Gasteiger partial charge in [0, 0.05) is 73.7 Å². The van der Waals surface area contributed by atoms with E-state index in [4.69, 9.17) is 0 Å². The van der Waals surface area contributed by atoms with Crippen LogP contribution >= 0.6 is 22.7 Å². The molecule has 4 heteroatoms. The zero-order valence-corrected chi connectivity index (χ0v) is 31.8. The second-order valence-electron chi connectivity index (χ2n) is 14.5. The first-order valence-corrected chi connectivity index (χ1v) is 20.6. The first-order valence-electron chi connectivity index (χ1n) is 19.0. The fraction of sp³-hybridized carbons (Fsp3) is 0. The summed E-state index contributed by atoms with van der Waals surface area (Å²) in [5, 5.41) is 10.2. The highest BCUT2D eigenvalue weighted by atomic mass is 32.1. The van der Waals surface area contributed by atoms with E-state index in [1.54, 1.807) is 0 Å². The Morgan fingerprint density at radius 3 is 1.86 bits per heavy atom. The van der Waals surface area contributed by atoms with Gasteiger partial charge in [-0.2, -0.15) is 0 Å². The lowest BCUT2D eigenvalue weighted by atomic mass is 10.0. The third-order valence-corrected chi connectivity index (χ3v) is 13.7. The maximum atomic E-state index is 2.48. The largest absolute Gasteiger partial charge is 0.310 e. The van der Waals surface area contributed by atoms with Gasteiger partial charge in [0.1, 0.15) is 0 Å². The van der Waals surface area contributed by atoms with Crippen molar-refractivity contribution in [2.45, 2.75) is 0 Å². The van der Waals surface area contributed by atoms with Gasteiger partial charge in [-0.1, -0.05) is 115 Å². The van der Waals surface area contributed by atoms with Crippen LogP contribution in [0.4, 0.5) is 17.1 Å². The Morgan fingerprint density at radius 1 is 0.393 bits per heavy atom. The second kappa shape index (κ2) is 12.4. The molecule has 9 aromatic carbocycles. The summed E-state index contributed by atoms with van der Waals surface area (Å²) in [6.45, 7) is 0. The van der Waals surface area contributed by atoms with Crippen LogP contribution in [0.15, 0.2) is 194 Å². The van der Waals surface area contributed by atoms with Crippen molar-refractivity contribution < 1.29 is 0 Å². The summed E-state index contributed by atoms with van der Waals surface area (Å²) >= 11 is 3.75. The Morgan fingerprint density at radius 2 is 1.04 bits per heavy atom. The van der Waals surface area contributed by atoms with Crippen LogP contribution in [0, 0.1) is 0 Å². The highest BCUT2D eigenvalue weighted by Crippen LogP contribution is 2.47. The average molecular weight is 749 g/mol. The standard InChI is InChI=1S/C52H32N2S2/c1-2-15-36(16-3-1)53(46-21-12-24-50-51(46)41-19-8-11-23-49(41)55-50)37-27-25-33(26-28-37)42-31-38(32-44-40-18-7-10-22-48(40)56-52(42)44)54-45-20-9-6-17-39(45)43-29-34-13-4-5-14-35(34)30-47(43)54/h1-32H. The van der Waals surface area contributed by atoms with Crippen molar-refractivity contribution in [2.75, 3.05) is 4.90 Å². The molecular formula is C52H32N2S2. The van der Waals surface area contributed by atoms with Gasteiger partial charge in [-0.05, 0) is 95.2 Å². The molecule has 0 unspecified atom stereocenters. The van der Waals surface area contributed by atoms with Crippen LogP contribution in [0.25, 0.3) is 89.7 Å². The molecule has 0 bridgehead atoms. The number of fused-ring (bicyclic) bond motifs is 10. The summed E-state index contributed by atoms with van der Waals surface area (Å²) in [6, 6.07) is 71.4. The molecule has 0 atom stereocenters. The Labute approximate surface area is 331 Å². The lowest BCUT2D eigenvalue weighted by Gasteiger charge is -2.26. The molecule has 0 aliphatic heterocycles. The molecule has 56 heavy (non-hydrogen) atoms. The summed E-state index contributed by atoms with van der Waals surface area (Å²) in [4.78, 5) is 2.42. The molecule has 0 N–H and O–H groups in total. The van der Waals surface area contributed by atoms with Gasteiger partial charge < -0.3 is 9.47 Å². The van der Waals surface area contributed by atoms with Crippen molar-refractivity contribution in [1.82, 2.24) is 4.57 Å². The van der Waals surface area contributed by atoms with E-state index in [9.17, 15) is 0 Å². The molecule has 0 fully saturated rings. The minimum atomic E-state index is 1.13. The van der Waals surface area contributed by atoms with E-state index < -0.39 is 0 Å². The maximum absolute atomic E-state index is 2.48. The van der Waals surface area contributed by atoms with Crippen LogP contribution < -0.4 is 4.90 Å². The first-order chi connectivity index (χ1) is 27.8. The SMILES string of the molecule is c1ccc(N(c2ccc(-c3cc(-n4c5ccccc5c5cc6ccccc6cc54)cc4c3sc3ccccc34)cc2)c2cccc3sc4ccccc4c23)cc1. The summed E-state index contributed by atoms with van der Waals surface area (Å²) in [7, 11) is 0. The number of nitrogens with zero attached hydrogens (tertiary/aromatic N) is 2.